The number of rotatable bonds is 3. The van der Waals surface area contributed by atoms with E-state index < -0.39 is 23.2 Å². The number of likely N-dealkylation sites (tertiary alicyclic amines) is 1. The lowest BCUT2D eigenvalue weighted by atomic mass is 10.1. The van der Waals surface area contributed by atoms with E-state index in [9.17, 15) is 13.6 Å². The Balaban J connectivity index is 2.22. The minimum atomic E-state index is -1.40. The summed E-state index contributed by atoms with van der Waals surface area (Å²) in [6.07, 6.45) is 0.843. The lowest BCUT2D eigenvalue weighted by Crippen LogP contribution is -2.24. The summed E-state index contributed by atoms with van der Waals surface area (Å²) in [6.45, 7) is 1.64. The van der Waals surface area contributed by atoms with Gasteiger partial charge in [-0.3, -0.25) is 0 Å². The Morgan fingerprint density at radius 2 is 2.17 bits per heavy atom. The maximum absolute atomic E-state index is 13.5. The van der Waals surface area contributed by atoms with Crippen LogP contribution in [0.4, 0.5) is 14.5 Å². The van der Waals surface area contributed by atoms with Gasteiger partial charge in [-0.2, -0.15) is 0 Å². The zero-order valence-corrected chi connectivity index (χ0v) is 9.91. The highest BCUT2D eigenvalue weighted by molar-refractivity contribution is 5.89. The normalized spacial score (nSPS) is 20.1. The Morgan fingerprint density at radius 1 is 1.44 bits per heavy atom. The molecule has 1 atom stereocenters. The van der Waals surface area contributed by atoms with Crippen LogP contribution in [0.25, 0.3) is 0 Å². The van der Waals surface area contributed by atoms with E-state index in [0.717, 1.165) is 25.6 Å². The van der Waals surface area contributed by atoms with E-state index in [0.29, 0.717) is 6.07 Å². The number of benzene rings is 1. The molecule has 0 radical (unpaired) electrons. The molecule has 6 heteroatoms. The molecule has 1 fully saturated rings. The van der Waals surface area contributed by atoms with E-state index >= 15 is 0 Å². The number of halogens is 2. The van der Waals surface area contributed by atoms with Crippen molar-refractivity contribution in [3.8, 4) is 0 Å². The fourth-order valence-electron chi connectivity index (χ4n) is 2.10. The zero-order valence-electron chi connectivity index (χ0n) is 9.91. The molecule has 98 valence electrons. The number of nitrogens with zero attached hydrogens (tertiary/aromatic N) is 1. The van der Waals surface area contributed by atoms with E-state index in [1.807, 2.05) is 7.05 Å². The Bertz CT molecular complexity index is 479. The van der Waals surface area contributed by atoms with Gasteiger partial charge in [0.1, 0.15) is 11.6 Å². The van der Waals surface area contributed by atoms with Crippen molar-refractivity contribution < 1.29 is 18.7 Å². The summed E-state index contributed by atoms with van der Waals surface area (Å²) in [4.78, 5) is 12.9. The third kappa shape index (κ3) is 2.59. The van der Waals surface area contributed by atoms with Crippen LogP contribution in [-0.2, 0) is 0 Å². The van der Waals surface area contributed by atoms with E-state index in [1.165, 1.54) is 0 Å². The van der Waals surface area contributed by atoms with E-state index in [-0.39, 0.29) is 11.7 Å². The standard InChI is InChI=1S/C12H14F2N2O2/c1-16-3-2-7(6-16)15-11-4-8(12(17)18)9(13)5-10(11)14/h4-5,7,15H,2-3,6H2,1H3,(H,17,18). The molecule has 1 aromatic rings. The summed E-state index contributed by atoms with van der Waals surface area (Å²) in [6, 6.07) is 1.66. The largest absolute Gasteiger partial charge is 0.478 e. The van der Waals surface area contributed by atoms with Crippen LogP contribution in [-0.4, -0.2) is 42.2 Å². The number of carboxylic acid groups (broad SMARTS) is 1. The second-order valence-electron chi connectivity index (χ2n) is 4.51. The molecule has 18 heavy (non-hydrogen) atoms. The van der Waals surface area contributed by atoms with Gasteiger partial charge < -0.3 is 15.3 Å². The first-order valence-corrected chi connectivity index (χ1v) is 5.65. The molecule has 0 amide bonds. The molecular formula is C12H14F2N2O2. The van der Waals surface area contributed by atoms with Gasteiger partial charge in [-0.15, -0.1) is 0 Å². The molecule has 1 aliphatic rings. The van der Waals surface area contributed by atoms with Gasteiger partial charge in [-0.05, 0) is 26.1 Å². The number of hydrogen-bond donors (Lipinski definition) is 2. The summed E-state index contributed by atoms with van der Waals surface area (Å²) in [5.41, 5.74) is -0.487. The van der Waals surface area contributed by atoms with Gasteiger partial charge in [0.05, 0.1) is 11.3 Å². The van der Waals surface area contributed by atoms with Crippen molar-refractivity contribution in [2.24, 2.45) is 0 Å². The number of nitrogens with one attached hydrogen (secondary N) is 1. The molecule has 1 saturated heterocycles. The lowest BCUT2D eigenvalue weighted by Gasteiger charge is -2.15. The van der Waals surface area contributed by atoms with Crippen molar-refractivity contribution in [3.63, 3.8) is 0 Å². The second kappa shape index (κ2) is 4.89. The molecule has 0 spiro atoms. The van der Waals surface area contributed by atoms with Crippen molar-refractivity contribution in [2.45, 2.75) is 12.5 Å². The molecule has 1 unspecified atom stereocenters. The number of anilines is 1. The fraction of sp³-hybridized carbons (Fsp3) is 0.417. The Kier molecular flexibility index (Phi) is 3.47. The molecule has 2 rings (SSSR count). The topological polar surface area (TPSA) is 52.6 Å². The molecular weight excluding hydrogens is 242 g/mol. The molecule has 0 saturated carbocycles. The maximum atomic E-state index is 13.5. The second-order valence-corrected chi connectivity index (χ2v) is 4.51. The minimum absolute atomic E-state index is 0.0362. The van der Waals surface area contributed by atoms with Gasteiger partial charge in [-0.25, -0.2) is 13.6 Å². The Labute approximate surface area is 103 Å². The first kappa shape index (κ1) is 12.8. The van der Waals surface area contributed by atoms with Crippen molar-refractivity contribution in [3.05, 3.63) is 29.3 Å². The van der Waals surface area contributed by atoms with Gasteiger partial charge in [0, 0.05) is 18.7 Å². The predicted molar refractivity (Wildman–Crippen MR) is 62.8 cm³/mol. The van der Waals surface area contributed by atoms with Gasteiger partial charge >= 0.3 is 5.97 Å². The smallest absolute Gasteiger partial charge is 0.338 e. The fourth-order valence-corrected chi connectivity index (χ4v) is 2.10. The Morgan fingerprint density at radius 3 is 2.72 bits per heavy atom. The number of likely N-dealkylation sites (N-methyl/N-ethyl adjacent to an activating group) is 1. The number of carbonyl (C=O) groups is 1. The van der Waals surface area contributed by atoms with Crippen LogP contribution in [0, 0.1) is 11.6 Å². The quantitative estimate of drug-likeness (QED) is 0.865. The molecule has 2 N–H and O–H groups in total. The van der Waals surface area contributed by atoms with Crippen LogP contribution in [0.5, 0.6) is 0 Å². The summed E-state index contributed by atoms with van der Waals surface area (Å²) < 4.78 is 26.7. The first-order chi connectivity index (χ1) is 8.47. The molecule has 0 aliphatic carbocycles. The molecule has 1 aromatic carbocycles. The van der Waals surface area contributed by atoms with Gasteiger partial charge in [0.2, 0.25) is 0 Å². The molecule has 1 aliphatic heterocycles. The Hall–Kier alpha value is -1.69. The van der Waals surface area contributed by atoms with Crippen LogP contribution in [0.1, 0.15) is 16.8 Å². The van der Waals surface area contributed by atoms with Crippen LogP contribution in [0.2, 0.25) is 0 Å². The first-order valence-electron chi connectivity index (χ1n) is 5.65. The highest BCUT2D eigenvalue weighted by Gasteiger charge is 2.22. The summed E-state index contributed by atoms with van der Waals surface area (Å²) in [7, 11) is 1.95. The monoisotopic (exact) mass is 256 g/mol. The number of hydrogen-bond acceptors (Lipinski definition) is 3. The van der Waals surface area contributed by atoms with E-state index in [4.69, 9.17) is 5.11 Å². The average Bonchev–Trinajstić information content (AvgIpc) is 2.67. The predicted octanol–water partition coefficient (Wildman–Crippen LogP) is 1.78. The highest BCUT2D eigenvalue weighted by atomic mass is 19.1. The summed E-state index contributed by atoms with van der Waals surface area (Å²) in [5, 5.41) is 11.7. The van der Waals surface area contributed by atoms with Crippen LogP contribution >= 0.6 is 0 Å². The lowest BCUT2D eigenvalue weighted by molar-refractivity contribution is 0.0692. The van der Waals surface area contributed by atoms with Crippen molar-refractivity contribution in [2.75, 3.05) is 25.5 Å². The SMILES string of the molecule is CN1CCC(Nc2cc(C(=O)O)c(F)cc2F)C1. The number of aromatic carboxylic acids is 1. The van der Waals surface area contributed by atoms with E-state index in [2.05, 4.69) is 10.2 Å². The maximum Gasteiger partial charge on any atom is 0.338 e. The highest BCUT2D eigenvalue weighted by Crippen LogP contribution is 2.22. The third-order valence-electron chi connectivity index (χ3n) is 3.04. The minimum Gasteiger partial charge on any atom is -0.478 e. The van der Waals surface area contributed by atoms with Crippen molar-refractivity contribution in [1.82, 2.24) is 4.90 Å². The third-order valence-corrected chi connectivity index (χ3v) is 3.04. The summed E-state index contributed by atoms with van der Waals surface area (Å²) >= 11 is 0. The van der Waals surface area contributed by atoms with Gasteiger partial charge in [0.15, 0.2) is 0 Å². The average molecular weight is 256 g/mol. The van der Waals surface area contributed by atoms with Crippen LogP contribution < -0.4 is 5.32 Å². The van der Waals surface area contributed by atoms with E-state index in [1.54, 1.807) is 0 Å². The summed E-state index contributed by atoms with van der Waals surface area (Å²) in [5.74, 6) is -3.24. The molecule has 1 heterocycles. The molecule has 0 bridgehead atoms. The van der Waals surface area contributed by atoms with Gasteiger partial charge in [-0.1, -0.05) is 0 Å². The van der Waals surface area contributed by atoms with Crippen molar-refractivity contribution in [1.29, 1.82) is 0 Å². The van der Waals surface area contributed by atoms with Crippen LogP contribution in [0.15, 0.2) is 12.1 Å². The zero-order chi connectivity index (χ0) is 13.3. The van der Waals surface area contributed by atoms with Crippen LogP contribution in [0.3, 0.4) is 0 Å². The molecule has 4 nitrogen and oxygen atoms in total. The van der Waals surface area contributed by atoms with Crippen molar-refractivity contribution >= 4 is 11.7 Å². The molecule has 0 aromatic heterocycles. The number of carboxylic acids is 1. The van der Waals surface area contributed by atoms with Gasteiger partial charge in [0.25, 0.3) is 0 Å².